The van der Waals surface area contributed by atoms with Crippen LogP contribution >= 0.6 is 0 Å². The van der Waals surface area contributed by atoms with Gasteiger partial charge in [-0.05, 0) is 31.2 Å². The average molecular weight is 446 g/mol. The van der Waals surface area contributed by atoms with Gasteiger partial charge in [0.15, 0.2) is 5.82 Å². The summed E-state index contributed by atoms with van der Waals surface area (Å²) in [6.45, 7) is 1.85. The summed E-state index contributed by atoms with van der Waals surface area (Å²) in [5.74, 6) is 0.0467. The average Bonchev–Trinajstić information content (AvgIpc) is 3.38. The normalized spacial score (nSPS) is 13.1. The zero-order valence-corrected chi connectivity index (χ0v) is 18.5. The molecule has 4 rings (SSSR count). The molecule has 0 spiro atoms. The van der Waals surface area contributed by atoms with Gasteiger partial charge in [-0.15, -0.1) is 0 Å². The summed E-state index contributed by atoms with van der Waals surface area (Å²) in [7, 11) is 3.63. The van der Waals surface area contributed by atoms with Gasteiger partial charge in [0.05, 0.1) is 48.4 Å². The molecule has 4 aromatic rings. The summed E-state index contributed by atoms with van der Waals surface area (Å²) < 4.78 is 18.0. The second kappa shape index (κ2) is 8.87. The molecule has 1 unspecified atom stereocenters. The maximum absolute atomic E-state index is 14.3. The highest BCUT2D eigenvalue weighted by Crippen LogP contribution is 2.35. The number of anilines is 1. The van der Waals surface area contributed by atoms with Crippen LogP contribution in [-0.4, -0.2) is 49.9 Å². The lowest BCUT2D eigenvalue weighted by Crippen LogP contribution is -2.40. The predicted molar refractivity (Wildman–Crippen MR) is 123 cm³/mol. The number of halogens is 1. The number of imidazole rings is 1. The third-order valence-corrected chi connectivity index (χ3v) is 5.54. The van der Waals surface area contributed by atoms with Crippen molar-refractivity contribution in [2.24, 2.45) is 7.05 Å². The minimum atomic E-state index is -0.646. The van der Waals surface area contributed by atoms with E-state index in [0.717, 1.165) is 10.9 Å². The first-order valence-electron chi connectivity index (χ1n) is 10.4. The van der Waals surface area contributed by atoms with E-state index in [0.29, 0.717) is 28.2 Å². The van der Waals surface area contributed by atoms with Gasteiger partial charge < -0.3 is 19.6 Å². The van der Waals surface area contributed by atoms with Crippen LogP contribution in [0.3, 0.4) is 0 Å². The van der Waals surface area contributed by atoms with Crippen LogP contribution in [0.4, 0.5) is 10.2 Å². The second-order valence-corrected chi connectivity index (χ2v) is 7.91. The smallest absolute Gasteiger partial charge is 0.156 e. The third-order valence-electron chi connectivity index (χ3n) is 5.54. The molecule has 0 aliphatic heterocycles. The van der Waals surface area contributed by atoms with Crippen molar-refractivity contribution in [1.82, 2.24) is 24.4 Å². The molecule has 0 saturated carbocycles. The molecule has 0 amide bonds. The van der Waals surface area contributed by atoms with E-state index in [-0.39, 0.29) is 24.8 Å². The molecule has 0 radical (unpaired) electrons. The van der Waals surface area contributed by atoms with Gasteiger partial charge in [-0.25, -0.2) is 14.4 Å². The van der Waals surface area contributed by atoms with Crippen molar-refractivity contribution in [3.63, 3.8) is 0 Å². The Hall–Kier alpha value is -3.99. The molecule has 9 nitrogen and oxygen atoms in total. The fraction of sp³-hybridized carbons (Fsp3) is 0.304. The summed E-state index contributed by atoms with van der Waals surface area (Å²) in [4.78, 5) is 9.22. The van der Waals surface area contributed by atoms with E-state index in [2.05, 4.69) is 21.7 Å². The monoisotopic (exact) mass is 446 g/mol. The van der Waals surface area contributed by atoms with Crippen LogP contribution in [-0.2, 0) is 13.6 Å². The van der Waals surface area contributed by atoms with Crippen molar-refractivity contribution in [2.45, 2.75) is 25.6 Å². The lowest BCUT2D eigenvalue weighted by molar-refractivity contribution is 0.244. The Kier molecular flexibility index (Phi) is 5.97. The minimum Gasteiger partial charge on any atom is -0.395 e. The topological polar surface area (TPSA) is 128 Å². The Morgan fingerprint density at radius 3 is 2.70 bits per heavy atom. The molecule has 0 bridgehead atoms. The number of hydrogen-bond acceptors (Lipinski definition) is 7. The molecule has 0 fully saturated rings. The van der Waals surface area contributed by atoms with Gasteiger partial charge in [0, 0.05) is 31.1 Å². The number of aromatic nitrogens is 4. The molecule has 10 heteroatoms. The molecule has 3 N–H and O–H groups in total. The molecule has 3 aromatic heterocycles. The molecule has 168 valence electrons. The Morgan fingerprint density at radius 2 is 2.03 bits per heavy atom. The van der Waals surface area contributed by atoms with Crippen molar-refractivity contribution >= 4 is 27.9 Å². The minimum absolute atomic E-state index is 0.120. The summed E-state index contributed by atoms with van der Waals surface area (Å²) in [6, 6.07) is 9.30. The summed E-state index contributed by atoms with van der Waals surface area (Å²) in [5, 5.41) is 35.4. The molecule has 0 aliphatic rings. The highest BCUT2D eigenvalue weighted by Gasteiger charge is 2.22. The Morgan fingerprint density at radius 1 is 1.24 bits per heavy atom. The Labute approximate surface area is 189 Å². The highest BCUT2D eigenvalue weighted by atomic mass is 19.1. The van der Waals surface area contributed by atoms with Crippen molar-refractivity contribution in [3.05, 3.63) is 42.0 Å². The van der Waals surface area contributed by atoms with Gasteiger partial charge in [-0.2, -0.15) is 10.5 Å². The lowest BCUT2D eigenvalue weighted by Gasteiger charge is -2.19. The van der Waals surface area contributed by atoms with E-state index in [4.69, 9.17) is 4.98 Å². The number of rotatable bonds is 7. The number of nitrogens with zero attached hydrogens (tertiary/aromatic N) is 6. The van der Waals surface area contributed by atoms with Gasteiger partial charge in [0.2, 0.25) is 0 Å². The van der Waals surface area contributed by atoms with Gasteiger partial charge >= 0.3 is 0 Å². The first kappa shape index (κ1) is 22.2. The molecule has 2 atom stereocenters. The maximum atomic E-state index is 14.3. The fourth-order valence-corrected chi connectivity index (χ4v) is 4.02. The number of fused-ring (bicyclic) bond motifs is 3. The van der Waals surface area contributed by atoms with Gasteiger partial charge in [0.25, 0.3) is 0 Å². The summed E-state index contributed by atoms with van der Waals surface area (Å²) >= 11 is 0. The van der Waals surface area contributed by atoms with E-state index in [1.54, 1.807) is 26.4 Å². The predicted octanol–water partition coefficient (Wildman–Crippen LogP) is 2.51. The lowest BCUT2D eigenvalue weighted by atomic mass is 10.1. The first-order valence-corrected chi connectivity index (χ1v) is 10.4. The van der Waals surface area contributed by atoms with Crippen LogP contribution in [0, 0.1) is 28.5 Å². The standard InChI is InChI=1S/C23H23FN8O/c1-13(11-33)29-17(9-26)10-32-19(15-4-14(8-25)5-16(24)6-15)7-18-21-20(28-12-31(21)3)22(27-2)30-23(18)32/h4-7,12-13,17,29,33H,10-11H2,1-3H3,(H,27,30)/t13-,17?/m0/s1. The quantitative estimate of drug-likeness (QED) is 0.398. The van der Waals surface area contributed by atoms with Crippen LogP contribution in [0.25, 0.3) is 33.3 Å². The maximum Gasteiger partial charge on any atom is 0.156 e. The van der Waals surface area contributed by atoms with Gasteiger partial charge in [-0.3, -0.25) is 5.32 Å². The van der Waals surface area contributed by atoms with Crippen LogP contribution in [0.15, 0.2) is 30.6 Å². The van der Waals surface area contributed by atoms with Crippen LogP contribution in [0.2, 0.25) is 0 Å². The SMILES string of the molecule is CNc1nc2c(cc(-c3cc(F)cc(C#N)c3)n2CC(C#N)N[C@@H](C)CO)c2c1ncn2C. The molecule has 0 aliphatic carbocycles. The highest BCUT2D eigenvalue weighted by molar-refractivity contribution is 6.07. The molecular weight excluding hydrogens is 423 g/mol. The van der Waals surface area contributed by atoms with Gasteiger partial charge in [-0.1, -0.05) is 0 Å². The van der Waals surface area contributed by atoms with Gasteiger partial charge in [0.1, 0.15) is 23.0 Å². The number of nitrogens with one attached hydrogen (secondary N) is 2. The van der Waals surface area contributed by atoms with E-state index in [1.807, 2.05) is 28.3 Å². The molecule has 33 heavy (non-hydrogen) atoms. The van der Waals surface area contributed by atoms with Crippen molar-refractivity contribution in [2.75, 3.05) is 19.0 Å². The molecule has 0 saturated heterocycles. The molecular formula is C23H23FN8O. The molecule has 3 heterocycles. The van der Waals surface area contributed by atoms with Crippen LogP contribution in [0.1, 0.15) is 12.5 Å². The number of pyridine rings is 1. The van der Waals surface area contributed by atoms with Crippen molar-refractivity contribution < 1.29 is 9.50 Å². The van der Waals surface area contributed by atoms with E-state index in [9.17, 15) is 20.0 Å². The third kappa shape index (κ3) is 3.98. The van der Waals surface area contributed by atoms with E-state index in [1.165, 1.54) is 12.1 Å². The Balaban J connectivity index is 2.02. The Bertz CT molecular complexity index is 1420. The largest absolute Gasteiger partial charge is 0.395 e. The summed E-state index contributed by atoms with van der Waals surface area (Å²) in [6.07, 6.45) is 1.70. The zero-order valence-electron chi connectivity index (χ0n) is 18.5. The molecule has 1 aromatic carbocycles. The number of benzene rings is 1. The van der Waals surface area contributed by atoms with Crippen molar-refractivity contribution in [1.29, 1.82) is 10.5 Å². The number of nitriles is 2. The number of aliphatic hydroxyl groups excluding tert-OH is 1. The second-order valence-electron chi connectivity index (χ2n) is 7.91. The number of aliphatic hydroxyl groups is 1. The number of aryl methyl sites for hydroxylation is 1. The van der Waals surface area contributed by atoms with E-state index >= 15 is 0 Å². The van der Waals surface area contributed by atoms with Crippen molar-refractivity contribution in [3.8, 4) is 23.4 Å². The van der Waals surface area contributed by atoms with E-state index < -0.39 is 11.9 Å². The summed E-state index contributed by atoms with van der Waals surface area (Å²) in [5.41, 5.74) is 3.43. The fourth-order valence-electron chi connectivity index (χ4n) is 4.02. The van der Waals surface area contributed by atoms with Crippen LogP contribution in [0.5, 0.6) is 0 Å². The first-order chi connectivity index (χ1) is 15.9. The number of hydrogen-bond donors (Lipinski definition) is 3. The van der Waals surface area contributed by atoms with Crippen LogP contribution < -0.4 is 10.6 Å². The zero-order chi connectivity index (χ0) is 23.7.